The van der Waals surface area contributed by atoms with Crippen molar-refractivity contribution in [2.75, 3.05) is 14.2 Å². The van der Waals surface area contributed by atoms with Crippen molar-refractivity contribution in [3.8, 4) is 11.5 Å². The van der Waals surface area contributed by atoms with Gasteiger partial charge in [0.1, 0.15) is 23.9 Å². The number of nitrogens with one attached hydrogen (secondary N) is 1. The first-order valence-electron chi connectivity index (χ1n) is 11.6. The van der Waals surface area contributed by atoms with Crippen molar-refractivity contribution < 1.29 is 28.2 Å². The molecule has 1 aliphatic carbocycles. The van der Waals surface area contributed by atoms with Crippen LogP contribution in [0.1, 0.15) is 50.7 Å². The van der Waals surface area contributed by atoms with Crippen molar-refractivity contribution in [1.82, 2.24) is 5.32 Å². The number of hydrogen-bond acceptors (Lipinski definition) is 6. The molecule has 0 bridgehead atoms. The summed E-state index contributed by atoms with van der Waals surface area (Å²) in [4.78, 5) is 26.3. The molecular weight excluding hydrogens is 485 g/mol. The largest absolute Gasteiger partial charge is 0.496 e. The van der Waals surface area contributed by atoms with E-state index in [2.05, 4.69) is 19.2 Å². The molecule has 2 aromatic rings. The number of dihydropyridines is 1. The Kier molecular flexibility index (Phi) is 7.14. The predicted octanol–water partition coefficient (Wildman–Crippen LogP) is 5.84. The fourth-order valence-corrected chi connectivity index (χ4v) is 5.21. The van der Waals surface area contributed by atoms with Gasteiger partial charge in [-0.1, -0.05) is 31.5 Å². The minimum absolute atomic E-state index is 0.000588. The van der Waals surface area contributed by atoms with E-state index in [1.807, 2.05) is 19.1 Å². The van der Waals surface area contributed by atoms with Gasteiger partial charge in [-0.15, -0.1) is 0 Å². The third-order valence-electron chi connectivity index (χ3n) is 6.56. The molecule has 6 nitrogen and oxygen atoms in total. The molecule has 1 atom stereocenters. The summed E-state index contributed by atoms with van der Waals surface area (Å²) >= 11 is 6.12. The van der Waals surface area contributed by atoms with Gasteiger partial charge in [0.2, 0.25) is 0 Å². The molecule has 0 radical (unpaired) electrons. The van der Waals surface area contributed by atoms with Gasteiger partial charge in [0.15, 0.2) is 5.78 Å². The average molecular weight is 514 g/mol. The van der Waals surface area contributed by atoms with Crippen LogP contribution >= 0.6 is 11.6 Å². The summed E-state index contributed by atoms with van der Waals surface area (Å²) in [5, 5.41) is 3.46. The van der Waals surface area contributed by atoms with E-state index in [1.165, 1.54) is 25.3 Å². The predicted molar refractivity (Wildman–Crippen MR) is 134 cm³/mol. The number of rotatable bonds is 6. The lowest BCUT2D eigenvalue weighted by molar-refractivity contribution is -0.136. The molecule has 0 saturated carbocycles. The van der Waals surface area contributed by atoms with Gasteiger partial charge in [-0.25, -0.2) is 9.18 Å². The Balaban J connectivity index is 1.78. The molecule has 1 unspecified atom stereocenters. The normalized spacial score (nSPS) is 19.0. The van der Waals surface area contributed by atoms with Gasteiger partial charge < -0.3 is 19.5 Å². The monoisotopic (exact) mass is 513 g/mol. The van der Waals surface area contributed by atoms with Crippen LogP contribution in [0.15, 0.2) is 58.9 Å². The van der Waals surface area contributed by atoms with E-state index in [-0.39, 0.29) is 22.8 Å². The Labute approximate surface area is 215 Å². The number of carbonyl (C=O) groups excluding carboxylic acids is 2. The smallest absolute Gasteiger partial charge is 0.336 e. The number of Topliss-reactive ketones (excluding diaryl/α,β-unsaturated/α-hetero) is 1. The van der Waals surface area contributed by atoms with Crippen LogP contribution in [0.2, 0.25) is 5.02 Å². The summed E-state index contributed by atoms with van der Waals surface area (Å²) in [6.07, 6.45) is 1.07. The second-order valence-corrected chi connectivity index (χ2v) is 10.3. The van der Waals surface area contributed by atoms with Gasteiger partial charge in [-0.05, 0) is 54.7 Å². The first kappa shape index (κ1) is 25.8. The highest BCUT2D eigenvalue weighted by atomic mass is 35.5. The van der Waals surface area contributed by atoms with E-state index < -0.39 is 17.7 Å². The van der Waals surface area contributed by atoms with Gasteiger partial charge in [0, 0.05) is 34.9 Å². The molecule has 36 heavy (non-hydrogen) atoms. The van der Waals surface area contributed by atoms with Crippen molar-refractivity contribution in [1.29, 1.82) is 0 Å². The quantitative estimate of drug-likeness (QED) is 0.489. The highest BCUT2D eigenvalue weighted by molar-refractivity contribution is 6.32. The maximum Gasteiger partial charge on any atom is 0.336 e. The minimum Gasteiger partial charge on any atom is -0.496 e. The van der Waals surface area contributed by atoms with Crippen molar-refractivity contribution in [3.63, 3.8) is 0 Å². The molecule has 2 aliphatic rings. The number of allylic oxidation sites excluding steroid dienone is 3. The van der Waals surface area contributed by atoms with E-state index in [0.29, 0.717) is 46.7 Å². The third-order valence-corrected chi connectivity index (χ3v) is 6.86. The highest BCUT2D eigenvalue weighted by Gasteiger charge is 2.43. The molecule has 1 N–H and O–H groups in total. The Bertz CT molecular complexity index is 1300. The SMILES string of the molecule is COC(=O)C1=C(C)NC2=C(C(=O)CC(C)(C)C2)C1c1ccc(OC)c(COc2ccc(F)cc2Cl)c1. The summed E-state index contributed by atoms with van der Waals surface area (Å²) in [5.74, 6) is -0.666. The van der Waals surface area contributed by atoms with E-state index in [1.54, 1.807) is 13.2 Å². The van der Waals surface area contributed by atoms with E-state index >= 15 is 0 Å². The number of hydrogen-bond donors (Lipinski definition) is 1. The summed E-state index contributed by atoms with van der Waals surface area (Å²) in [7, 11) is 2.88. The molecule has 0 aromatic heterocycles. The van der Waals surface area contributed by atoms with Crippen molar-refractivity contribution >= 4 is 23.4 Å². The summed E-state index contributed by atoms with van der Waals surface area (Å²) in [6, 6.07) is 9.40. The van der Waals surface area contributed by atoms with Crippen LogP contribution in [0.5, 0.6) is 11.5 Å². The van der Waals surface area contributed by atoms with Gasteiger partial charge >= 0.3 is 5.97 Å². The van der Waals surface area contributed by atoms with Crippen LogP contribution in [0.3, 0.4) is 0 Å². The lowest BCUT2D eigenvalue weighted by Gasteiger charge is -2.39. The minimum atomic E-state index is -0.601. The molecule has 0 spiro atoms. The Hall–Kier alpha value is -3.32. The summed E-state index contributed by atoms with van der Waals surface area (Å²) in [6.45, 7) is 6.02. The summed E-state index contributed by atoms with van der Waals surface area (Å²) in [5.41, 5.74) is 3.69. The van der Waals surface area contributed by atoms with E-state index in [9.17, 15) is 14.0 Å². The first-order chi connectivity index (χ1) is 17.0. The topological polar surface area (TPSA) is 73.9 Å². The van der Waals surface area contributed by atoms with E-state index in [4.69, 9.17) is 25.8 Å². The third kappa shape index (κ3) is 4.98. The molecule has 1 aliphatic heterocycles. The standard InChI is InChI=1S/C28H29ClFNO5/c1-15-24(27(33)35-5)25(26-20(31-15)12-28(2,3)13-21(26)32)16-6-8-22(34-4)17(10-16)14-36-23-9-7-18(30)11-19(23)29/h6-11,25,31H,12-14H2,1-5H3. The Morgan fingerprint density at radius 2 is 1.86 bits per heavy atom. The molecule has 2 aromatic carbocycles. The van der Waals surface area contributed by atoms with Crippen LogP contribution in [0.25, 0.3) is 0 Å². The van der Waals surface area contributed by atoms with E-state index in [0.717, 1.165) is 11.3 Å². The van der Waals surface area contributed by atoms with Crippen LogP contribution in [-0.2, 0) is 20.9 Å². The van der Waals surface area contributed by atoms with Crippen LogP contribution in [0.4, 0.5) is 4.39 Å². The number of esters is 1. The zero-order valence-corrected chi connectivity index (χ0v) is 21.7. The second-order valence-electron chi connectivity index (χ2n) is 9.86. The van der Waals surface area contributed by atoms with Crippen molar-refractivity contribution in [2.24, 2.45) is 5.41 Å². The molecule has 0 saturated heterocycles. The number of ketones is 1. The molecule has 0 amide bonds. The van der Waals surface area contributed by atoms with Crippen molar-refractivity contribution in [3.05, 3.63) is 80.9 Å². The lowest BCUT2D eigenvalue weighted by Crippen LogP contribution is -2.38. The van der Waals surface area contributed by atoms with Gasteiger partial charge in [0.25, 0.3) is 0 Å². The molecule has 0 fully saturated rings. The molecular formula is C28H29ClFNO5. The molecule has 8 heteroatoms. The zero-order chi connectivity index (χ0) is 26.2. The Morgan fingerprint density at radius 1 is 1.14 bits per heavy atom. The van der Waals surface area contributed by atoms with Gasteiger partial charge in [-0.3, -0.25) is 4.79 Å². The van der Waals surface area contributed by atoms with Crippen molar-refractivity contribution in [2.45, 2.75) is 46.1 Å². The number of carbonyl (C=O) groups is 2. The number of halogens is 2. The van der Waals surface area contributed by atoms with Crippen LogP contribution < -0.4 is 14.8 Å². The first-order valence-corrected chi connectivity index (χ1v) is 12.0. The van der Waals surface area contributed by atoms with Crippen LogP contribution in [0, 0.1) is 11.2 Å². The summed E-state index contributed by atoms with van der Waals surface area (Å²) < 4.78 is 29.9. The zero-order valence-electron chi connectivity index (χ0n) is 21.0. The second kappa shape index (κ2) is 9.97. The van der Waals surface area contributed by atoms with Crippen LogP contribution in [-0.4, -0.2) is 26.0 Å². The number of benzene rings is 2. The fourth-order valence-electron chi connectivity index (χ4n) is 4.99. The van der Waals surface area contributed by atoms with Gasteiger partial charge in [-0.2, -0.15) is 0 Å². The number of ether oxygens (including phenoxy) is 3. The maximum atomic E-state index is 13.4. The molecule has 1 heterocycles. The molecule has 4 rings (SSSR count). The number of methoxy groups -OCH3 is 2. The highest BCUT2D eigenvalue weighted by Crippen LogP contribution is 2.47. The lowest BCUT2D eigenvalue weighted by atomic mass is 9.68. The maximum absolute atomic E-state index is 13.4. The Morgan fingerprint density at radius 3 is 2.53 bits per heavy atom. The molecule has 190 valence electrons. The van der Waals surface area contributed by atoms with Gasteiger partial charge in [0.05, 0.1) is 24.8 Å². The fraction of sp³-hybridized carbons (Fsp3) is 0.357. The average Bonchev–Trinajstić information content (AvgIpc) is 2.81.